The van der Waals surface area contributed by atoms with Crippen LogP contribution in [-0.4, -0.2) is 72.6 Å². The first-order chi connectivity index (χ1) is 22.4. The number of carbonyl (C=O) groups excluding carboxylic acids is 1. The van der Waals surface area contributed by atoms with E-state index in [2.05, 4.69) is 41.3 Å². The molecule has 47 heavy (non-hydrogen) atoms. The van der Waals surface area contributed by atoms with Crippen LogP contribution >= 0.6 is 11.6 Å². The van der Waals surface area contributed by atoms with Crippen molar-refractivity contribution < 1.29 is 23.7 Å². The molecule has 3 atom stereocenters. The van der Waals surface area contributed by atoms with Gasteiger partial charge >= 0.3 is 12.1 Å². The van der Waals surface area contributed by atoms with Crippen LogP contribution in [0, 0.1) is 0 Å². The fraction of sp³-hybridized carbons (Fsp3) is 0.486. The van der Waals surface area contributed by atoms with Crippen molar-refractivity contribution in [1.82, 2.24) is 14.9 Å². The van der Waals surface area contributed by atoms with Crippen molar-refractivity contribution in [3.8, 4) is 11.8 Å². The number of likely N-dealkylation sites (N-methyl/N-ethyl adjacent to an activating group) is 1. The lowest BCUT2D eigenvalue weighted by Gasteiger charge is -2.29. The first kappa shape index (κ1) is 33.1. The first-order valence-electron chi connectivity index (χ1n) is 16.5. The number of hydrogen-bond donors (Lipinski definition) is 0. The van der Waals surface area contributed by atoms with E-state index in [1.807, 2.05) is 53.8 Å². The van der Waals surface area contributed by atoms with Crippen LogP contribution in [0.3, 0.4) is 0 Å². The van der Waals surface area contributed by atoms with Crippen molar-refractivity contribution in [2.45, 2.75) is 83.6 Å². The van der Waals surface area contributed by atoms with Crippen LogP contribution in [-0.2, 0) is 9.47 Å². The molecule has 10 heteroatoms. The molecule has 0 N–H and O–H groups in total. The van der Waals surface area contributed by atoms with E-state index in [0.717, 1.165) is 46.5 Å². The van der Waals surface area contributed by atoms with E-state index in [1.54, 1.807) is 12.0 Å². The fourth-order valence-electron chi connectivity index (χ4n) is 6.16. The van der Waals surface area contributed by atoms with Gasteiger partial charge in [-0.25, -0.2) is 4.79 Å². The van der Waals surface area contributed by atoms with E-state index in [9.17, 15) is 4.79 Å². The van der Waals surface area contributed by atoms with Crippen molar-refractivity contribution in [3.63, 3.8) is 0 Å². The topological polar surface area (TPSA) is 86.3 Å². The number of carbonyl (C=O) groups is 1. The number of rotatable bonds is 10. The molecule has 0 unspecified atom stereocenters. The van der Waals surface area contributed by atoms with E-state index >= 15 is 0 Å². The molecule has 1 saturated carbocycles. The molecule has 2 aliphatic rings. The summed E-state index contributed by atoms with van der Waals surface area (Å²) in [7, 11) is 3.65. The zero-order chi connectivity index (χ0) is 33.5. The number of methoxy groups -OCH3 is 1. The third kappa shape index (κ3) is 7.21. The highest BCUT2D eigenvalue weighted by atomic mass is 35.5. The van der Waals surface area contributed by atoms with E-state index in [-0.39, 0.29) is 37.0 Å². The Labute approximate surface area is 282 Å². The smallest absolute Gasteiger partial charge is 0.410 e. The summed E-state index contributed by atoms with van der Waals surface area (Å²) in [6.07, 6.45) is 2.12. The quantitative estimate of drug-likeness (QED) is 0.168. The molecule has 3 aromatic carbocycles. The summed E-state index contributed by atoms with van der Waals surface area (Å²) >= 11 is 7.22. The number of amides is 1. The molecule has 1 saturated heterocycles. The van der Waals surface area contributed by atoms with Crippen molar-refractivity contribution in [3.05, 3.63) is 64.7 Å². The van der Waals surface area contributed by atoms with Gasteiger partial charge in [0, 0.05) is 38.7 Å². The number of ether oxygens (including phenoxy) is 4. The van der Waals surface area contributed by atoms with Gasteiger partial charge in [0.1, 0.15) is 29.6 Å². The number of hydrogen-bond acceptors (Lipinski definition) is 8. The average molecular weight is 661 g/mol. The summed E-state index contributed by atoms with van der Waals surface area (Å²) in [6, 6.07) is 16.9. The van der Waals surface area contributed by atoms with Crippen LogP contribution in [0.1, 0.15) is 77.0 Å². The van der Waals surface area contributed by atoms with Gasteiger partial charge in [0.15, 0.2) is 5.75 Å². The van der Waals surface area contributed by atoms with Gasteiger partial charge in [-0.1, -0.05) is 54.1 Å². The number of anilines is 1. The first-order valence-corrected chi connectivity index (χ1v) is 16.9. The third-order valence-corrected chi connectivity index (χ3v) is 9.38. The standard InChI is InChI=1S/C37H45ClN4O5/c1-22(44-7)21-45-35-39-32-30(34(40-35)41(6)26-17-18-42(20-26)36(43)47-37(3,4)5)19-29(25-15-16-25)31(38)33(32)46-23(2)27-14-10-12-24-11-8-9-13-28(24)27/h8-14,19,22-23,25-26H,15-18,20-21H2,1-7H3/t22-,23-,26-/m0/s1. The molecule has 6 rings (SSSR count). The molecular weight excluding hydrogens is 616 g/mol. The Morgan fingerprint density at radius 3 is 2.53 bits per heavy atom. The molecule has 0 bridgehead atoms. The molecule has 1 aliphatic heterocycles. The Morgan fingerprint density at radius 1 is 1.06 bits per heavy atom. The number of fused-ring (bicyclic) bond motifs is 2. The van der Waals surface area contributed by atoms with Crippen molar-refractivity contribution in [1.29, 1.82) is 0 Å². The minimum atomic E-state index is -0.562. The van der Waals surface area contributed by atoms with Crippen LogP contribution in [0.5, 0.6) is 11.8 Å². The third-order valence-electron chi connectivity index (χ3n) is 8.99. The Morgan fingerprint density at radius 2 is 1.81 bits per heavy atom. The molecule has 4 aromatic rings. The van der Waals surface area contributed by atoms with Crippen molar-refractivity contribution in [2.75, 3.05) is 38.8 Å². The predicted octanol–water partition coefficient (Wildman–Crippen LogP) is 8.31. The lowest BCUT2D eigenvalue weighted by Crippen LogP contribution is -2.39. The maximum atomic E-state index is 12.9. The average Bonchev–Trinajstić information content (AvgIpc) is 3.77. The van der Waals surface area contributed by atoms with E-state index in [0.29, 0.717) is 41.1 Å². The predicted molar refractivity (Wildman–Crippen MR) is 186 cm³/mol. The second-order valence-electron chi connectivity index (χ2n) is 13.8. The van der Waals surface area contributed by atoms with Crippen LogP contribution in [0.15, 0.2) is 48.5 Å². The lowest BCUT2D eigenvalue weighted by molar-refractivity contribution is 0.0292. The van der Waals surface area contributed by atoms with Gasteiger partial charge in [-0.05, 0) is 87.8 Å². The highest BCUT2D eigenvalue weighted by Crippen LogP contribution is 2.50. The van der Waals surface area contributed by atoms with Crippen molar-refractivity contribution in [2.24, 2.45) is 0 Å². The summed E-state index contributed by atoms with van der Waals surface area (Å²) in [4.78, 5) is 26.7. The minimum Gasteiger partial charge on any atom is -0.482 e. The molecule has 2 heterocycles. The van der Waals surface area contributed by atoms with Gasteiger partial charge in [-0.2, -0.15) is 9.97 Å². The summed E-state index contributed by atoms with van der Waals surface area (Å²) in [5.74, 6) is 1.58. The van der Waals surface area contributed by atoms with Gasteiger partial charge in [0.05, 0.1) is 11.1 Å². The summed E-state index contributed by atoms with van der Waals surface area (Å²) < 4.78 is 24.0. The van der Waals surface area contributed by atoms with E-state index in [4.69, 9.17) is 40.5 Å². The second kappa shape index (κ2) is 13.4. The maximum Gasteiger partial charge on any atom is 0.410 e. The van der Waals surface area contributed by atoms with Crippen molar-refractivity contribution >= 4 is 45.2 Å². The van der Waals surface area contributed by atoms with Crippen LogP contribution in [0.2, 0.25) is 5.02 Å². The molecule has 0 radical (unpaired) electrons. The van der Waals surface area contributed by atoms with Crippen LogP contribution in [0.25, 0.3) is 21.7 Å². The SMILES string of the molecule is CO[C@@H](C)COc1nc(N(C)[C@H]2CCN(C(=O)OC(C)(C)C)C2)c2cc(C3CC3)c(Cl)c(O[C@@H](C)c3cccc4ccccc34)c2n1. The summed E-state index contributed by atoms with van der Waals surface area (Å²) in [5, 5.41) is 3.69. The summed E-state index contributed by atoms with van der Waals surface area (Å²) in [5.41, 5.74) is 2.13. The highest BCUT2D eigenvalue weighted by Gasteiger charge is 2.35. The molecule has 1 aromatic heterocycles. The second-order valence-corrected chi connectivity index (χ2v) is 14.2. The monoisotopic (exact) mass is 660 g/mol. The molecule has 2 fully saturated rings. The molecule has 9 nitrogen and oxygen atoms in total. The van der Waals surface area contributed by atoms with Crippen LogP contribution < -0.4 is 14.4 Å². The van der Waals surface area contributed by atoms with E-state index < -0.39 is 5.60 Å². The van der Waals surface area contributed by atoms with Gasteiger partial charge in [0.25, 0.3) is 0 Å². The molecule has 250 valence electrons. The molecule has 1 amide bonds. The number of aromatic nitrogens is 2. The zero-order valence-corrected chi connectivity index (χ0v) is 29.1. The number of benzene rings is 3. The van der Waals surface area contributed by atoms with Crippen LogP contribution in [0.4, 0.5) is 10.6 Å². The molecule has 0 spiro atoms. The zero-order valence-electron chi connectivity index (χ0n) is 28.4. The minimum absolute atomic E-state index is 0.00500. The number of halogens is 1. The molecular formula is C37H45ClN4O5. The largest absolute Gasteiger partial charge is 0.482 e. The Hall–Kier alpha value is -3.82. The highest BCUT2D eigenvalue weighted by molar-refractivity contribution is 6.34. The normalized spacial score (nSPS) is 18.0. The summed E-state index contributed by atoms with van der Waals surface area (Å²) in [6.45, 7) is 11.0. The molecule has 1 aliphatic carbocycles. The van der Waals surface area contributed by atoms with Gasteiger partial charge < -0.3 is 28.7 Å². The van der Waals surface area contributed by atoms with Gasteiger partial charge in [-0.3, -0.25) is 0 Å². The number of likely N-dealkylation sites (tertiary alicyclic amines) is 1. The Balaban J connectivity index is 1.43. The van der Waals surface area contributed by atoms with E-state index in [1.165, 1.54) is 0 Å². The van der Waals surface area contributed by atoms with Gasteiger partial charge in [0.2, 0.25) is 0 Å². The van der Waals surface area contributed by atoms with Gasteiger partial charge in [-0.15, -0.1) is 0 Å². The Bertz CT molecular complexity index is 1770. The fourth-order valence-corrected chi connectivity index (χ4v) is 6.50. The Kier molecular flexibility index (Phi) is 9.40. The number of nitrogens with zero attached hydrogens (tertiary/aromatic N) is 4. The lowest BCUT2D eigenvalue weighted by atomic mass is 10.0. The maximum absolute atomic E-state index is 12.9.